The molecule has 0 saturated heterocycles. The van der Waals surface area contributed by atoms with Crippen LogP contribution >= 0.6 is 11.3 Å². The molecule has 4 heteroatoms. The molecule has 1 aromatic heterocycles. The Balaban J connectivity index is 1.68. The van der Waals surface area contributed by atoms with Gasteiger partial charge in [-0.25, -0.2) is 0 Å². The number of benzene rings is 1. The standard InChI is InChI=1S/C16H21NO2S/c1-12-5-3-4-6-16(12)19-11-14(18)9-17-10-15-8-7-13(2)20-15/h3-8,14,17-18H,9-11H2,1-2H3. The van der Waals surface area contributed by atoms with Crippen LogP contribution < -0.4 is 10.1 Å². The molecule has 3 nitrogen and oxygen atoms in total. The van der Waals surface area contributed by atoms with Gasteiger partial charge in [0.25, 0.3) is 0 Å². The summed E-state index contributed by atoms with van der Waals surface area (Å²) in [7, 11) is 0. The van der Waals surface area contributed by atoms with E-state index in [4.69, 9.17) is 4.74 Å². The van der Waals surface area contributed by atoms with Crippen LogP contribution in [0.25, 0.3) is 0 Å². The van der Waals surface area contributed by atoms with Crippen molar-refractivity contribution in [3.05, 3.63) is 51.7 Å². The quantitative estimate of drug-likeness (QED) is 0.824. The zero-order chi connectivity index (χ0) is 14.4. The summed E-state index contributed by atoms with van der Waals surface area (Å²) in [5, 5.41) is 13.1. The first-order valence-electron chi connectivity index (χ1n) is 6.77. The van der Waals surface area contributed by atoms with Crippen molar-refractivity contribution in [3.8, 4) is 5.75 Å². The molecule has 0 spiro atoms. The van der Waals surface area contributed by atoms with Crippen molar-refractivity contribution >= 4 is 11.3 Å². The third-order valence-electron chi connectivity index (χ3n) is 3.00. The fourth-order valence-corrected chi connectivity index (χ4v) is 2.77. The molecule has 0 aliphatic rings. The highest BCUT2D eigenvalue weighted by molar-refractivity contribution is 7.11. The van der Waals surface area contributed by atoms with Crippen LogP contribution in [0.3, 0.4) is 0 Å². The summed E-state index contributed by atoms with van der Waals surface area (Å²) in [4.78, 5) is 2.60. The lowest BCUT2D eigenvalue weighted by Crippen LogP contribution is -2.31. The second-order valence-corrected chi connectivity index (χ2v) is 6.25. The second kappa shape index (κ2) is 7.43. The van der Waals surface area contributed by atoms with E-state index in [-0.39, 0.29) is 0 Å². The number of ether oxygens (including phenoxy) is 1. The lowest BCUT2D eigenvalue weighted by molar-refractivity contribution is 0.106. The molecule has 2 N–H and O–H groups in total. The van der Waals surface area contributed by atoms with Gasteiger partial charge in [0, 0.05) is 22.8 Å². The van der Waals surface area contributed by atoms with Crippen molar-refractivity contribution in [3.63, 3.8) is 0 Å². The molecule has 20 heavy (non-hydrogen) atoms. The van der Waals surface area contributed by atoms with Crippen LogP contribution in [-0.4, -0.2) is 24.4 Å². The predicted octanol–water partition coefficient (Wildman–Crippen LogP) is 2.89. The maximum atomic E-state index is 9.90. The Morgan fingerprint density at radius 1 is 1.20 bits per heavy atom. The Morgan fingerprint density at radius 2 is 2.00 bits per heavy atom. The molecule has 0 saturated carbocycles. The Labute approximate surface area is 124 Å². The van der Waals surface area contributed by atoms with E-state index >= 15 is 0 Å². The number of thiophene rings is 1. The van der Waals surface area contributed by atoms with E-state index in [1.807, 2.05) is 31.2 Å². The van der Waals surface area contributed by atoms with Gasteiger partial charge in [0.05, 0.1) is 0 Å². The molecule has 0 aliphatic heterocycles. The smallest absolute Gasteiger partial charge is 0.122 e. The average molecular weight is 291 g/mol. The molecule has 1 unspecified atom stereocenters. The zero-order valence-electron chi connectivity index (χ0n) is 11.9. The number of hydrogen-bond acceptors (Lipinski definition) is 4. The number of para-hydroxylation sites is 1. The molecular formula is C16H21NO2S. The molecule has 2 rings (SSSR count). The summed E-state index contributed by atoms with van der Waals surface area (Å²) in [6.45, 7) is 5.72. The van der Waals surface area contributed by atoms with Gasteiger partial charge in [-0.15, -0.1) is 11.3 Å². The van der Waals surface area contributed by atoms with Gasteiger partial charge in [-0.1, -0.05) is 18.2 Å². The summed E-state index contributed by atoms with van der Waals surface area (Å²) in [5.74, 6) is 0.834. The number of nitrogens with one attached hydrogen (secondary N) is 1. The first-order valence-corrected chi connectivity index (χ1v) is 7.59. The van der Waals surface area contributed by atoms with Gasteiger partial charge < -0.3 is 15.2 Å². The van der Waals surface area contributed by atoms with Gasteiger partial charge in [0.2, 0.25) is 0 Å². The van der Waals surface area contributed by atoms with Crippen LogP contribution in [0.5, 0.6) is 5.75 Å². The molecule has 0 aliphatic carbocycles. The first-order chi connectivity index (χ1) is 9.65. The van der Waals surface area contributed by atoms with Crippen LogP contribution in [-0.2, 0) is 6.54 Å². The van der Waals surface area contributed by atoms with Crippen LogP contribution in [0.15, 0.2) is 36.4 Å². The third-order valence-corrected chi connectivity index (χ3v) is 4.00. The second-order valence-electron chi connectivity index (χ2n) is 4.87. The van der Waals surface area contributed by atoms with Crippen LogP contribution in [0, 0.1) is 13.8 Å². The normalized spacial score (nSPS) is 12.3. The summed E-state index contributed by atoms with van der Waals surface area (Å²) < 4.78 is 5.62. The molecular weight excluding hydrogens is 270 g/mol. The Hall–Kier alpha value is -1.36. The van der Waals surface area contributed by atoms with Gasteiger partial charge in [-0.2, -0.15) is 0 Å². The number of aliphatic hydroxyl groups is 1. The Kier molecular flexibility index (Phi) is 5.59. The first kappa shape index (κ1) is 15.0. The summed E-state index contributed by atoms with van der Waals surface area (Å²) in [5.41, 5.74) is 1.08. The maximum absolute atomic E-state index is 9.90. The van der Waals surface area contributed by atoms with Crippen LogP contribution in [0.4, 0.5) is 0 Å². The monoisotopic (exact) mass is 291 g/mol. The molecule has 1 heterocycles. The van der Waals surface area contributed by atoms with E-state index in [1.165, 1.54) is 9.75 Å². The van der Waals surface area contributed by atoms with Gasteiger partial charge in [0.1, 0.15) is 18.5 Å². The van der Waals surface area contributed by atoms with E-state index in [0.717, 1.165) is 17.9 Å². The highest BCUT2D eigenvalue weighted by Gasteiger charge is 2.06. The molecule has 0 bridgehead atoms. The molecule has 0 amide bonds. The molecule has 1 aromatic carbocycles. The van der Waals surface area contributed by atoms with Crippen LogP contribution in [0.2, 0.25) is 0 Å². The van der Waals surface area contributed by atoms with Gasteiger partial charge in [0.15, 0.2) is 0 Å². The van der Waals surface area contributed by atoms with E-state index < -0.39 is 6.10 Å². The minimum Gasteiger partial charge on any atom is -0.491 e. The van der Waals surface area contributed by atoms with E-state index in [1.54, 1.807) is 11.3 Å². The highest BCUT2D eigenvalue weighted by Crippen LogP contribution is 2.16. The summed E-state index contributed by atoms with van der Waals surface area (Å²) in [6.07, 6.45) is -0.504. The summed E-state index contributed by atoms with van der Waals surface area (Å²) >= 11 is 1.78. The average Bonchev–Trinajstić information content (AvgIpc) is 2.83. The summed E-state index contributed by atoms with van der Waals surface area (Å²) in [6, 6.07) is 12.1. The van der Waals surface area contributed by atoms with Crippen LogP contribution in [0.1, 0.15) is 15.3 Å². The van der Waals surface area contributed by atoms with Crippen molar-refractivity contribution in [2.45, 2.75) is 26.5 Å². The number of rotatable bonds is 7. The van der Waals surface area contributed by atoms with Crippen molar-refractivity contribution in [1.29, 1.82) is 0 Å². The molecule has 1 atom stereocenters. The molecule has 108 valence electrons. The van der Waals surface area contributed by atoms with E-state index in [0.29, 0.717) is 13.2 Å². The topological polar surface area (TPSA) is 41.5 Å². The van der Waals surface area contributed by atoms with Crippen molar-refractivity contribution in [2.24, 2.45) is 0 Å². The lowest BCUT2D eigenvalue weighted by Gasteiger charge is -2.14. The number of hydrogen-bond donors (Lipinski definition) is 2. The van der Waals surface area contributed by atoms with Gasteiger partial charge in [-0.05, 0) is 37.6 Å². The minimum atomic E-state index is -0.504. The fourth-order valence-electron chi connectivity index (χ4n) is 1.91. The highest BCUT2D eigenvalue weighted by atomic mass is 32.1. The molecule has 0 fully saturated rings. The van der Waals surface area contributed by atoms with Crippen molar-refractivity contribution in [2.75, 3.05) is 13.2 Å². The fraction of sp³-hybridized carbons (Fsp3) is 0.375. The van der Waals surface area contributed by atoms with Gasteiger partial charge >= 0.3 is 0 Å². The van der Waals surface area contributed by atoms with E-state index in [2.05, 4.69) is 24.4 Å². The molecule has 2 aromatic rings. The SMILES string of the molecule is Cc1ccc(CNCC(O)COc2ccccc2C)s1. The minimum absolute atomic E-state index is 0.307. The van der Waals surface area contributed by atoms with E-state index in [9.17, 15) is 5.11 Å². The third kappa shape index (κ3) is 4.63. The molecule has 0 radical (unpaired) electrons. The maximum Gasteiger partial charge on any atom is 0.122 e. The number of aryl methyl sites for hydroxylation is 2. The largest absolute Gasteiger partial charge is 0.491 e. The van der Waals surface area contributed by atoms with Gasteiger partial charge in [-0.3, -0.25) is 0 Å². The Morgan fingerprint density at radius 3 is 2.70 bits per heavy atom. The number of aliphatic hydroxyl groups excluding tert-OH is 1. The lowest BCUT2D eigenvalue weighted by atomic mass is 10.2. The Bertz CT molecular complexity index is 539. The van der Waals surface area contributed by atoms with Crippen molar-refractivity contribution in [1.82, 2.24) is 5.32 Å². The zero-order valence-corrected chi connectivity index (χ0v) is 12.7. The predicted molar refractivity (Wildman–Crippen MR) is 83.4 cm³/mol. The van der Waals surface area contributed by atoms with Crippen molar-refractivity contribution < 1.29 is 9.84 Å².